The Morgan fingerprint density at radius 3 is 1.67 bits per heavy atom. The molecule has 0 amide bonds. The Morgan fingerprint density at radius 1 is 0.714 bits per heavy atom. The topological polar surface area (TPSA) is 57.2 Å². The Labute approximate surface area is 126 Å². The van der Waals surface area contributed by atoms with E-state index in [2.05, 4.69) is 0 Å². The zero-order chi connectivity index (χ0) is 14.5. The number of aliphatic hydroxyl groups excluding tert-OH is 1. The van der Waals surface area contributed by atoms with E-state index in [1.807, 2.05) is 0 Å². The lowest BCUT2D eigenvalue weighted by Gasteiger charge is -2.37. The van der Waals surface area contributed by atoms with E-state index in [4.69, 9.17) is 18.9 Å². The Kier molecular flexibility index (Phi) is 5.89. The Bertz CT molecular complexity index is 271. The normalized spacial score (nSPS) is 41.9. The van der Waals surface area contributed by atoms with Crippen LogP contribution in [0.2, 0.25) is 0 Å². The molecule has 2 unspecified atom stereocenters. The van der Waals surface area contributed by atoms with E-state index in [0.717, 1.165) is 58.2 Å². The van der Waals surface area contributed by atoms with Gasteiger partial charge in [0.1, 0.15) is 0 Å². The molecule has 3 fully saturated rings. The van der Waals surface area contributed by atoms with Gasteiger partial charge in [0.15, 0.2) is 12.6 Å². The third-order valence-corrected chi connectivity index (χ3v) is 4.56. The fourth-order valence-electron chi connectivity index (χ4n) is 3.48. The van der Waals surface area contributed by atoms with Gasteiger partial charge in [-0.3, -0.25) is 0 Å². The molecule has 122 valence electrons. The van der Waals surface area contributed by atoms with Crippen molar-refractivity contribution in [2.24, 2.45) is 0 Å². The highest BCUT2D eigenvalue weighted by Gasteiger charge is 2.33. The van der Waals surface area contributed by atoms with Gasteiger partial charge in [-0.25, -0.2) is 0 Å². The minimum atomic E-state index is -0.346. The molecule has 4 atom stereocenters. The van der Waals surface area contributed by atoms with Gasteiger partial charge in [0, 0.05) is 19.6 Å². The van der Waals surface area contributed by atoms with Crippen LogP contribution in [-0.2, 0) is 18.9 Å². The van der Waals surface area contributed by atoms with Crippen LogP contribution in [0.3, 0.4) is 0 Å². The summed E-state index contributed by atoms with van der Waals surface area (Å²) < 4.78 is 23.3. The molecule has 0 aromatic carbocycles. The first-order valence-corrected chi connectivity index (χ1v) is 8.52. The van der Waals surface area contributed by atoms with Crippen LogP contribution in [0.5, 0.6) is 0 Å². The Hall–Kier alpha value is -0.200. The van der Waals surface area contributed by atoms with Crippen LogP contribution in [0.4, 0.5) is 0 Å². The monoisotopic (exact) mass is 300 g/mol. The van der Waals surface area contributed by atoms with Crippen molar-refractivity contribution < 1.29 is 24.1 Å². The Balaban J connectivity index is 1.46. The third kappa shape index (κ3) is 4.89. The molecule has 0 aromatic heterocycles. The molecule has 5 heteroatoms. The zero-order valence-electron chi connectivity index (χ0n) is 12.7. The summed E-state index contributed by atoms with van der Waals surface area (Å²) in [7, 11) is 0. The lowest BCUT2D eigenvalue weighted by molar-refractivity contribution is -0.232. The van der Waals surface area contributed by atoms with Crippen molar-refractivity contribution in [2.75, 3.05) is 13.2 Å². The summed E-state index contributed by atoms with van der Waals surface area (Å²) in [5.74, 6) is 0. The number of ether oxygens (including phenoxy) is 4. The van der Waals surface area contributed by atoms with Crippen molar-refractivity contribution >= 4 is 0 Å². The smallest absolute Gasteiger partial charge is 0.157 e. The van der Waals surface area contributed by atoms with Gasteiger partial charge in [0.05, 0.1) is 18.3 Å². The van der Waals surface area contributed by atoms with E-state index in [0.29, 0.717) is 12.8 Å². The molecule has 2 heterocycles. The number of hydrogen-bond donors (Lipinski definition) is 1. The van der Waals surface area contributed by atoms with Gasteiger partial charge >= 0.3 is 0 Å². The van der Waals surface area contributed by atoms with Crippen LogP contribution >= 0.6 is 0 Å². The Morgan fingerprint density at radius 2 is 1.24 bits per heavy atom. The molecule has 0 bridgehead atoms. The summed E-state index contributed by atoms with van der Waals surface area (Å²) in [6.45, 7) is 1.57. The van der Waals surface area contributed by atoms with E-state index >= 15 is 0 Å². The molecule has 0 aromatic rings. The van der Waals surface area contributed by atoms with Crippen LogP contribution in [0.25, 0.3) is 0 Å². The summed E-state index contributed by atoms with van der Waals surface area (Å²) >= 11 is 0. The largest absolute Gasteiger partial charge is 0.393 e. The number of aliphatic hydroxyl groups is 1. The van der Waals surface area contributed by atoms with Gasteiger partial charge in [0.2, 0.25) is 0 Å². The van der Waals surface area contributed by atoms with Crippen LogP contribution in [0.15, 0.2) is 0 Å². The minimum Gasteiger partial charge on any atom is -0.393 e. The molecule has 2 aliphatic heterocycles. The molecule has 1 saturated carbocycles. The van der Waals surface area contributed by atoms with Gasteiger partial charge < -0.3 is 24.1 Å². The molecular weight excluding hydrogens is 272 g/mol. The maximum absolute atomic E-state index is 10.1. The highest BCUT2D eigenvalue weighted by atomic mass is 16.7. The van der Waals surface area contributed by atoms with Crippen molar-refractivity contribution in [2.45, 2.75) is 88.7 Å². The van der Waals surface area contributed by atoms with Gasteiger partial charge in [-0.2, -0.15) is 0 Å². The van der Waals surface area contributed by atoms with E-state index in [1.165, 1.54) is 0 Å². The van der Waals surface area contributed by atoms with Crippen molar-refractivity contribution in [1.29, 1.82) is 0 Å². The van der Waals surface area contributed by atoms with Crippen LogP contribution in [-0.4, -0.2) is 49.2 Å². The molecule has 2 saturated heterocycles. The molecule has 5 nitrogen and oxygen atoms in total. The molecule has 3 aliphatic rings. The highest BCUT2D eigenvalue weighted by Crippen LogP contribution is 2.29. The standard InChI is InChI=1S/C16H28O5/c17-12-9-13(20-15-5-1-3-7-18-15)11-14(10-12)21-16-6-2-4-8-19-16/h12-17H,1-11H2/t12?,13-,14-,15?,16?/m0/s1. The summed E-state index contributed by atoms with van der Waals surface area (Å²) in [6.07, 6.45) is 8.22. The summed E-state index contributed by atoms with van der Waals surface area (Å²) in [4.78, 5) is 0. The lowest BCUT2D eigenvalue weighted by atomic mass is 9.92. The van der Waals surface area contributed by atoms with Crippen molar-refractivity contribution in [3.8, 4) is 0 Å². The summed E-state index contributed by atoms with van der Waals surface area (Å²) in [5.41, 5.74) is 0. The van der Waals surface area contributed by atoms with Crippen LogP contribution in [0, 0.1) is 0 Å². The summed E-state index contributed by atoms with van der Waals surface area (Å²) in [6, 6.07) is 0. The maximum Gasteiger partial charge on any atom is 0.157 e. The van der Waals surface area contributed by atoms with Crippen LogP contribution in [0.1, 0.15) is 57.8 Å². The van der Waals surface area contributed by atoms with Crippen molar-refractivity contribution in [3.63, 3.8) is 0 Å². The fraction of sp³-hybridized carbons (Fsp3) is 1.00. The average Bonchev–Trinajstić information content (AvgIpc) is 2.48. The van der Waals surface area contributed by atoms with Crippen molar-refractivity contribution in [3.05, 3.63) is 0 Å². The van der Waals surface area contributed by atoms with Crippen molar-refractivity contribution in [1.82, 2.24) is 0 Å². The predicted molar refractivity (Wildman–Crippen MR) is 76.8 cm³/mol. The second kappa shape index (κ2) is 7.88. The quantitative estimate of drug-likeness (QED) is 0.863. The highest BCUT2D eigenvalue weighted by molar-refractivity contribution is 4.81. The van der Waals surface area contributed by atoms with Crippen LogP contribution < -0.4 is 0 Å². The predicted octanol–water partition coefficient (Wildman–Crippen LogP) is 2.35. The second-order valence-electron chi connectivity index (χ2n) is 6.47. The summed E-state index contributed by atoms with van der Waals surface area (Å²) in [5, 5.41) is 10.1. The third-order valence-electron chi connectivity index (χ3n) is 4.56. The first-order chi connectivity index (χ1) is 10.3. The molecule has 1 aliphatic carbocycles. The van der Waals surface area contributed by atoms with E-state index in [-0.39, 0.29) is 30.9 Å². The van der Waals surface area contributed by atoms with Gasteiger partial charge in [-0.15, -0.1) is 0 Å². The number of hydrogen-bond acceptors (Lipinski definition) is 5. The maximum atomic E-state index is 10.1. The first-order valence-electron chi connectivity index (χ1n) is 8.52. The van der Waals surface area contributed by atoms with Gasteiger partial charge in [-0.1, -0.05) is 0 Å². The van der Waals surface area contributed by atoms with Gasteiger partial charge in [-0.05, 0) is 51.4 Å². The first kappa shape index (κ1) is 15.7. The molecule has 3 rings (SSSR count). The fourth-order valence-corrected chi connectivity index (χ4v) is 3.48. The molecule has 21 heavy (non-hydrogen) atoms. The molecule has 0 radical (unpaired) electrons. The second-order valence-corrected chi connectivity index (χ2v) is 6.47. The zero-order valence-corrected chi connectivity index (χ0v) is 12.7. The number of rotatable bonds is 4. The van der Waals surface area contributed by atoms with E-state index in [9.17, 15) is 5.11 Å². The SMILES string of the molecule is OC1C[C@H](OC2CCCCO2)C[C@@H](OC2CCCCO2)C1. The van der Waals surface area contributed by atoms with Gasteiger partial charge in [0.25, 0.3) is 0 Å². The van der Waals surface area contributed by atoms with E-state index < -0.39 is 0 Å². The molecule has 0 spiro atoms. The lowest BCUT2D eigenvalue weighted by Crippen LogP contribution is -2.41. The minimum absolute atomic E-state index is 0.0328. The van der Waals surface area contributed by atoms with E-state index in [1.54, 1.807) is 0 Å². The average molecular weight is 300 g/mol. The molecular formula is C16H28O5. The molecule has 1 N–H and O–H groups in total.